The minimum absolute atomic E-state index is 0. The molecular formula is C46H37BIrN2O2-2. The Balaban J connectivity index is 0.000000174. The number of rotatable bonds is 3. The first-order chi connectivity index (χ1) is 24.7. The van der Waals surface area contributed by atoms with Gasteiger partial charge in [0.1, 0.15) is 11.5 Å². The monoisotopic (exact) mass is 853 g/mol. The Morgan fingerprint density at radius 2 is 1.35 bits per heavy atom. The molecule has 5 aromatic carbocycles. The number of pyridine rings is 2. The molecule has 0 fully saturated rings. The third-order valence-corrected chi connectivity index (χ3v) is 9.58. The third kappa shape index (κ3) is 6.73. The quantitative estimate of drug-likeness (QED) is 0.131. The van der Waals surface area contributed by atoms with Crippen molar-refractivity contribution in [3.8, 4) is 56.6 Å². The summed E-state index contributed by atoms with van der Waals surface area (Å²) in [6, 6.07) is 48.1. The van der Waals surface area contributed by atoms with Gasteiger partial charge in [-0.25, -0.2) is 0 Å². The van der Waals surface area contributed by atoms with Gasteiger partial charge in [-0.1, -0.05) is 118 Å². The first-order valence-corrected chi connectivity index (χ1v) is 17.3. The summed E-state index contributed by atoms with van der Waals surface area (Å²) >= 11 is 0. The van der Waals surface area contributed by atoms with Crippen LogP contribution >= 0.6 is 0 Å². The van der Waals surface area contributed by atoms with E-state index in [4.69, 9.17) is 9.47 Å². The fourth-order valence-corrected chi connectivity index (χ4v) is 6.81. The van der Waals surface area contributed by atoms with Crippen LogP contribution in [-0.2, 0) is 25.5 Å². The molecule has 0 aliphatic carbocycles. The van der Waals surface area contributed by atoms with E-state index in [2.05, 4.69) is 136 Å². The zero-order valence-corrected chi connectivity index (χ0v) is 32.2. The number of nitrogens with zero attached hydrogens (tertiary/aromatic N) is 2. The fraction of sp³-hybridized carbons (Fsp3) is 0.130. The molecule has 2 aliphatic rings. The summed E-state index contributed by atoms with van der Waals surface area (Å²) in [5.41, 5.74) is 13.2. The van der Waals surface area contributed by atoms with Gasteiger partial charge in [-0.2, -0.15) is 0 Å². The second-order valence-electron chi connectivity index (χ2n) is 14.2. The Kier molecular flexibility index (Phi) is 9.72. The van der Waals surface area contributed by atoms with E-state index in [1.165, 1.54) is 27.8 Å². The van der Waals surface area contributed by atoms with Crippen molar-refractivity contribution >= 4 is 23.1 Å². The number of benzene rings is 5. The number of hydrogen-bond acceptors (Lipinski definition) is 4. The summed E-state index contributed by atoms with van der Waals surface area (Å²) in [4.78, 5) is 9.21. The van der Waals surface area contributed by atoms with E-state index >= 15 is 0 Å². The van der Waals surface area contributed by atoms with Crippen molar-refractivity contribution in [3.05, 3.63) is 163 Å². The summed E-state index contributed by atoms with van der Waals surface area (Å²) in [5, 5.41) is 0. The molecule has 4 nitrogen and oxygen atoms in total. The standard InChI is InChI=1S/C27H21BNO2.C19H16N.Ir/c1-27(2,3)17-14-15-29-21(16-17)18-12-13-24-25-26(18)31-23-11-7-5-9-20(23)28(25)19-8-4-6-10-22(19)30-24;1-14-8-10-17(11-9-14)19-12-18(15(2)13-20-19)16-6-4-3-5-7-16;/h4-11,13-16H,1-3H3;3-10,12-13H,1-2H3;/q2*-1;. The van der Waals surface area contributed by atoms with Crippen molar-refractivity contribution in [2.45, 2.75) is 40.0 Å². The molecule has 2 aliphatic heterocycles. The van der Waals surface area contributed by atoms with Gasteiger partial charge in [0.05, 0.1) is 0 Å². The van der Waals surface area contributed by atoms with Gasteiger partial charge < -0.3 is 19.4 Å². The van der Waals surface area contributed by atoms with Crippen LogP contribution in [-0.4, -0.2) is 16.7 Å². The molecule has 0 unspecified atom stereocenters. The number of para-hydroxylation sites is 2. The number of hydrogen-bond donors (Lipinski definition) is 0. The van der Waals surface area contributed by atoms with Crippen LogP contribution < -0.4 is 25.9 Å². The molecule has 257 valence electrons. The van der Waals surface area contributed by atoms with Gasteiger partial charge in [0.2, 0.25) is 6.71 Å². The van der Waals surface area contributed by atoms with E-state index in [0.29, 0.717) is 0 Å². The normalized spacial score (nSPS) is 12.1. The largest absolute Gasteiger partial charge is 0.503 e. The molecule has 2 aromatic heterocycles. The molecule has 4 heterocycles. The Morgan fingerprint density at radius 1 is 0.654 bits per heavy atom. The van der Waals surface area contributed by atoms with Gasteiger partial charge in [-0.15, -0.1) is 47.5 Å². The van der Waals surface area contributed by atoms with Gasteiger partial charge in [-0.05, 0) is 75.1 Å². The van der Waals surface area contributed by atoms with Crippen LogP contribution in [0.5, 0.6) is 23.0 Å². The summed E-state index contributed by atoms with van der Waals surface area (Å²) < 4.78 is 12.8. The number of aromatic nitrogens is 2. The van der Waals surface area contributed by atoms with E-state index in [1.54, 1.807) is 0 Å². The van der Waals surface area contributed by atoms with Crippen molar-refractivity contribution in [2.75, 3.05) is 0 Å². The Morgan fingerprint density at radius 3 is 2.04 bits per heavy atom. The first kappa shape index (κ1) is 35.1. The smallest absolute Gasteiger partial charge is 0.239 e. The molecule has 0 saturated heterocycles. The summed E-state index contributed by atoms with van der Waals surface area (Å²) in [6.45, 7) is 10.8. The van der Waals surface area contributed by atoms with Crippen molar-refractivity contribution in [1.29, 1.82) is 0 Å². The second kappa shape index (κ2) is 14.4. The van der Waals surface area contributed by atoms with Gasteiger partial charge in [0.15, 0.2) is 0 Å². The zero-order chi connectivity index (χ0) is 35.1. The van der Waals surface area contributed by atoms with Crippen molar-refractivity contribution in [1.82, 2.24) is 9.97 Å². The number of aryl methyl sites for hydroxylation is 2. The summed E-state index contributed by atoms with van der Waals surface area (Å²) in [6.07, 6.45) is 3.81. The van der Waals surface area contributed by atoms with Crippen molar-refractivity contribution < 1.29 is 29.6 Å². The molecular weight excluding hydrogens is 816 g/mol. The van der Waals surface area contributed by atoms with Crippen molar-refractivity contribution in [3.63, 3.8) is 0 Å². The Labute approximate surface area is 320 Å². The van der Waals surface area contributed by atoms with E-state index < -0.39 is 0 Å². The molecule has 6 heteroatoms. The van der Waals surface area contributed by atoms with Crippen molar-refractivity contribution in [2.24, 2.45) is 0 Å². The number of ether oxygens (including phenoxy) is 2. The molecule has 0 atom stereocenters. The Hall–Kier alpha value is -5.29. The van der Waals surface area contributed by atoms with Gasteiger partial charge in [-0.3, -0.25) is 0 Å². The van der Waals surface area contributed by atoms with Crippen LogP contribution in [0.4, 0.5) is 0 Å². The van der Waals surface area contributed by atoms with Gasteiger partial charge in [0, 0.05) is 44.0 Å². The maximum atomic E-state index is 6.50. The fourth-order valence-electron chi connectivity index (χ4n) is 6.81. The summed E-state index contributed by atoms with van der Waals surface area (Å²) in [5.74, 6) is 3.34. The van der Waals surface area contributed by atoms with E-state index in [-0.39, 0.29) is 32.2 Å². The maximum Gasteiger partial charge on any atom is 0.239 e. The number of fused-ring (bicyclic) bond motifs is 4. The minimum atomic E-state index is 0. The van der Waals surface area contributed by atoms with Gasteiger partial charge in [0.25, 0.3) is 0 Å². The molecule has 0 N–H and O–H groups in total. The topological polar surface area (TPSA) is 44.2 Å². The zero-order valence-electron chi connectivity index (χ0n) is 29.8. The van der Waals surface area contributed by atoms with Crippen LogP contribution in [0.15, 0.2) is 134 Å². The molecule has 7 aromatic rings. The van der Waals surface area contributed by atoms with Crippen LogP contribution in [0.25, 0.3) is 33.6 Å². The molecule has 0 spiro atoms. The van der Waals surface area contributed by atoms with E-state index in [9.17, 15) is 0 Å². The first-order valence-electron chi connectivity index (χ1n) is 17.3. The second-order valence-corrected chi connectivity index (χ2v) is 14.2. The Bertz CT molecular complexity index is 2380. The molecule has 0 bridgehead atoms. The molecule has 1 radical (unpaired) electrons. The average Bonchev–Trinajstić information content (AvgIpc) is 3.15. The SMILES string of the molecule is CC(C)(C)c1ccnc(-c2[c-]cc3c4c2Oc2ccccc2B4c2ccccc2O3)c1.Cc1c[c-]c(-c2cc(-c3ccccc3)c(C)cn2)cc1.[Ir]. The van der Waals surface area contributed by atoms with Gasteiger partial charge >= 0.3 is 0 Å². The van der Waals surface area contributed by atoms with E-state index in [0.717, 1.165) is 61.9 Å². The minimum Gasteiger partial charge on any atom is -0.503 e. The predicted octanol–water partition coefficient (Wildman–Crippen LogP) is 9.40. The molecule has 0 saturated carbocycles. The third-order valence-electron chi connectivity index (χ3n) is 9.58. The molecule has 9 rings (SSSR count). The molecule has 0 amide bonds. The van der Waals surface area contributed by atoms with Crippen LogP contribution in [0.2, 0.25) is 0 Å². The van der Waals surface area contributed by atoms with Crippen LogP contribution in [0.3, 0.4) is 0 Å². The average molecular weight is 853 g/mol. The maximum absolute atomic E-state index is 6.50. The van der Waals surface area contributed by atoms with E-state index in [1.807, 2.05) is 54.9 Å². The van der Waals surface area contributed by atoms with Crippen LogP contribution in [0.1, 0.15) is 37.5 Å². The predicted molar refractivity (Wildman–Crippen MR) is 208 cm³/mol. The summed E-state index contributed by atoms with van der Waals surface area (Å²) in [7, 11) is 0. The van der Waals surface area contributed by atoms with Crippen LogP contribution in [0, 0.1) is 26.0 Å². The molecule has 52 heavy (non-hydrogen) atoms.